The zero-order chi connectivity index (χ0) is 13.9. The summed E-state index contributed by atoms with van der Waals surface area (Å²) < 4.78 is 4.71. The van der Waals surface area contributed by atoms with Crippen LogP contribution < -0.4 is 0 Å². The van der Waals surface area contributed by atoms with E-state index in [1.54, 1.807) is 0 Å². The maximum Gasteiger partial charge on any atom is 0.305 e. The molecule has 1 aliphatic carbocycles. The number of nitrogens with zero attached hydrogens (tertiary/aromatic N) is 2. The third kappa shape index (κ3) is 3.34. The second-order valence-electron chi connectivity index (χ2n) is 6.71. The zero-order valence-electron chi connectivity index (χ0n) is 12.7. The molecule has 0 amide bonds. The lowest BCUT2D eigenvalue weighted by molar-refractivity contribution is -0.140. The third-order valence-corrected chi connectivity index (χ3v) is 5.29. The molecule has 0 unspecified atom stereocenters. The number of likely N-dealkylation sites (tertiary alicyclic amines) is 2. The molecule has 3 fully saturated rings. The van der Waals surface area contributed by atoms with Crippen LogP contribution in [0.3, 0.4) is 0 Å². The van der Waals surface area contributed by atoms with Gasteiger partial charge in [-0.05, 0) is 64.1 Å². The van der Waals surface area contributed by atoms with E-state index in [-0.39, 0.29) is 5.97 Å². The molecule has 2 aliphatic heterocycles. The quantitative estimate of drug-likeness (QED) is 0.720. The summed E-state index contributed by atoms with van der Waals surface area (Å²) in [5.41, 5.74) is 0. The molecule has 0 aromatic rings. The van der Waals surface area contributed by atoms with E-state index >= 15 is 0 Å². The Morgan fingerprint density at radius 1 is 1.20 bits per heavy atom. The van der Waals surface area contributed by atoms with Crippen molar-refractivity contribution in [3.63, 3.8) is 0 Å². The lowest BCUT2D eigenvalue weighted by Gasteiger charge is -2.47. The van der Waals surface area contributed by atoms with Gasteiger partial charge in [0.2, 0.25) is 0 Å². The maximum absolute atomic E-state index is 11.2. The summed E-state index contributed by atoms with van der Waals surface area (Å²) in [5.74, 6) is 0.800. The highest BCUT2D eigenvalue weighted by atomic mass is 16.5. The minimum absolute atomic E-state index is 0.0718. The topological polar surface area (TPSA) is 32.8 Å². The van der Waals surface area contributed by atoms with Crippen LogP contribution in [0, 0.1) is 5.92 Å². The predicted molar refractivity (Wildman–Crippen MR) is 78.5 cm³/mol. The van der Waals surface area contributed by atoms with Crippen LogP contribution in [0.15, 0.2) is 0 Å². The van der Waals surface area contributed by atoms with Gasteiger partial charge in [-0.15, -0.1) is 0 Å². The number of carbonyl (C=O) groups excluding carboxylic acids is 1. The van der Waals surface area contributed by atoms with Gasteiger partial charge in [-0.2, -0.15) is 0 Å². The highest BCUT2D eigenvalue weighted by Gasteiger charge is 2.41. The van der Waals surface area contributed by atoms with E-state index in [1.165, 1.54) is 58.8 Å². The molecule has 3 rings (SSSR count). The Morgan fingerprint density at radius 3 is 2.80 bits per heavy atom. The fourth-order valence-electron chi connectivity index (χ4n) is 4.13. The van der Waals surface area contributed by atoms with Gasteiger partial charge < -0.3 is 9.64 Å². The number of carbonyl (C=O) groups is 1. The van der Waals surface area contributed by atoms with Crippen molar-refractivity contribution in [2.24, 2.45) is 5.92 Å². The lowest BCUT2D eigenvalue weighted by Crippen LogP contribution is -2.54. The van der Waals surface area contributed by atoms with E-state index in [4.69, 9.17) is 4.74 Å². The molecule has 0 radical (unpaired) electrons. The average molecular weight is 280 g/mol. The molecule has 0 aromatic carbocycles. The fourth-order valence-corrected chi connectivity index (χ4v) is 4.13. The Morgan fingerprint density at radius 2 is 2.05 bits per heavy atom. The van der Waals surface area contributed by atoms with Gasteiger partial charge in [-0.1, -0.05) is 0 Å². The highest BCUT2D eigenvalue weighted by molar-refractivity contribution is 5.69. The summed E-state index contributed by atoms with van der Waals surface area (Å²) in [4.78, 5) is 16.5. The number of ether oxygens (including phenoxy) is 1. The van der Waals surface area contributed by atoms with Crippen molar-refractivity contribution in [3.05, 3.63) is 0 Å². The van der Waals surface area contributed by atoms with Crippen molar-refractivity contribution >= 4 is 5.97 Å². The molecule has 2 atom stereocenters. The van der Waals surface area contributed by atoms with Crippen LogP contribution in [-0.4, -0.2) is 61.1 Å². The van der Waals surface area contributed by atoms with Crippen molar-refractivity contribution in [1.29, 1.82) is 0 Å². The SMILES string of the molecule is COC(=O)CCCN1CC[C@@H]2[C@H](CCCN2C2CC2)C1. The van der Waals surface area contributed by atoms with Crippen molar-refractivity contribution in [2.45, 2.75) is 57.0 Å². The summed E-state index contributed by atoms with van der Waals surface area (Å²) in [6, 6.07) is 1.78. The lowest BCUT2D eigenvalue weighted by atomic mass is 9.83. The normalized spacial score (nSPS) is 31.9. The molecular formula is C16H28N2O2. The van der Waals surface area contributed by atoms with Gasteiger partial charge in [0.05, 0.1) is 7.11 Å². The molecule has 3 aliphatic rings. The van der Waals surface area contributed by atoms with Crippen molar-refractivity contribution in [1.82, 2.24) is 9.80 Å². The Kier molecular flexibility index (Phi) is 4.61. The highest BCUT2D eigenvalue weighted by Crippen LogP contribution is 2.38. The first kappa shape index (κ1) is 14.3. The van der Waals surface area contributed by atoms with Crippen LogP contribution in [0.1, 0.15) is 44.9 Å². The van der Waals surface area contributed by atoms with Crippen LogP contribution in [0.4, 0.5) is 0 Å². The average Bonchev–Trinajstić information content (AvgIpc) is 3.30. The zero-order valence-corrected chi connectivity index (χ0v) is 12.7. The van der Waals surface area contributed by atoms with E-state index in [2.05, 4.69) is 9.80 Å². The van der Waals surface area contributed by atoms with Crippen LogP contribution >= 0.6 is 0 Å². The first-order valence-electron chi connectivity index (χ1n) is 8.33. The molecule has 1 saturated carbocycles. The van der Waals surface area contributed by atoms with E-state index in [9.17, 15) is 4.79 Å². The van der Waals surface area contributed by atoms with Crippen molar-refractivity contribution in [2.75, 3.05) is 33.3 Å². The molecule has 0 bridgehead atoms. The van der Waals surface area contributed by atoms with E-state index in [0.717, 1.165) is 31.0 Å². The molecule has 0 spiro atoms. The second kappa shape index (κ2) is 6.44. The van der Waals surface area contributed by atoms with Crippen LogP contribution in [0.5, 0.6) is 0 Å². The maximum atomic E-state index is 11.2. The number of esters is 1. The van der Waals surface area contributed by atoms with E-state index in [0.29, 0.717) is 6.42 Å². The Hall–Kier alpha value is -0.610. The molecule has 4 heteroatoms. The van der Waals surface area contributed by atoms with Gasteiger partial charge >= 0.3 is 5.97 Å². The molecule has 0 N–H and O–H groups in total. The Bertz CT molecular complexity index is 343. The summed E-state index contributed by atoms with van der Waals surface area (Å²) in [6.07, 6.45) is 8.50. The van der Waals surface area contributed by atoms with Gasteiger partial charge in [-0.3, -0.25) is 9.69 Å². The fraction of sp³-hybridized carbons (Fsp3) is 0.938. The van der Waals surface area contributed by atoms with Crippen molar-refractivity contribution < 1.29 is 9.53 Å². The molecule has 2 heterocycles. The summed E-state index contributed by atoms with van der Waals surface area (Å²) in [6.45, 7) is 4.86. The number of methoxy groups -OCH3 is 1. The minimum atomic E-state index is -0.0718. The number of rotatable bonds is 5. The minimum Gasteiger partial charge on any atom is -0.469 e. The monoisotopic (exact) mass is 280 g/mol. The molecule has 20 heavy (non-hydrogen) atoms. The molecular weight excluding hydrogens is 252 g/mol. The third-order valence-electron chi connectivity index (χ3n) is 5.29. The number of hydrogen-bond donors (Lipinski definition) is 0. The first-order chi connectivity index (χ1) is 9.78. The second-order valence-corrected chi connectivity index (χ2v) is 6.71. The predicted octanol–water partition coefficient (Wildman–Crippen LogP) is 1.89. The molecule has 0 aromatic heterocycles. The smallest absolute Gasteiger partial charge is 0.305 e. The number of piperidine rings is 2. The van der Waals surface area contributed by atoms with Crippen LogP contribution in [0.2, 0.25) is 0 Å². The first-order valence-corrected chi connectivity index (χ1v) is 8.33. The summed E-state index contributed by atoms with van der Waals surface area (Å²) >= 11 is 0. The Balaban J connectivity index is 1.45. The van der Waals surface area contributed by atoms with Gasteiger partial charge in [0.1, 0.15) is 0 Å². The van der Waals surface area contributed by atoms with E-state index in [1.807, 2.05) is 0 Å². The number of fused-ring (bicyclic) bond motifs is 1. The van der Waals surface area contributed by atoms with Gasteiger partial charge in [0, 0.05) is 25.0 Å². The molecule has 2 saturated heterocycles. The summed E-state index contributed by atoms with van der Waals surface area (Å²) in [7, 11) is 1.47. The molecule has 114 valence electrons. The summed E-state index contributed by atoms with van der Waals surface area (Å²) in [5, 5.41) is 0. The van der Waals surface area contributed by atoms with E-state index < -0.39 is 0 Å². The standard InChI is InChI=1S/C16H28N2O2/c1-20-16(19)5-3-9-17-11-8-15-13(12-17)4-2-10-18(15)14-6-7-14/h13-15H,2-12H2,1H3/t13-,15-/m1/s1. The van der Waals surface area contributed by atoms with Crippen molar-refractivity contribution in [3.8, 4) is 0 Å². The van der Waals surface area contributed by atoms with Gasteiger partial charge in [-0.25, -0.2) is 0 Å². The Labute approximate surface area is 122 Å². The van der Waals surface area contributed by atoms with Crippen LogP contribution in [-0.2, 0) is 9.53 Å². The van der Waals surface area contributed by atoms with Gasteiger partial charge in [0.25, 0.3) is 0 Å². The number of hydrogen-bond acceptors (Lipinski definition) is 4. The largest absolute Gasteiger partial charge is 0.469 e. The van der Waals surface area contributed by atoms with Crippen LogP contribution in [0.25, 0.3) is 0 Å². The van der Waals surface area contributed by atoms with Gasteiger partial charge in [0.15, 0.2) is 0 Å². The molecule has 4 nitrogen and oxygen atoms in total.